The summed E-state index contributed by atoms with van der Waals surface area (Å²) in [5.41, 5.74) is 1.08. The Balaban J connectivity index is 1.79. The predicted octanol–water partition coefficient (Wildman–Crippen LogP) is 4.03. The molecule has 0 saturated carbocycles. The molecule has 0 aliphatic heterocycles. The molecule has 0 radical (unpaired) electrons. The van der Waals surface area contributed by atoms with Gasteiger partial charge in [-0.1, -0.05) is 30.3 Å². The summed E-state index contributed by atoms with van der Waals surface area (Å²) < 4.78 is 45.8. The third kappa shape index (κ3) is 5.37. The Labute approximate surface area is 150 Å². The molecule has 1 N–H and O–H groups in total. The molecule has 24 heavy (non-hydrogen) atoms. The van der Waals surface area contributed by atoms with Gasteiger partial charge < -0.3 is 4.74 Å². The molecule has 0 fully saturated rings. The van der Waals surface area contributed by atoms with Gasteiger partial charge in [-0.2, -0.15) is 0 Å². The van der Waals surface area contributed by atoms with Gasteiger partial charge >= 0.3 is 0 Å². The van der Waals surface area contributed by atoms with Crippen LogP contribution in [0.15, 0.2) is 57.9 Å². The summed E-state index contributed by atoms with van der Waals surface area (Å²) in [6, 6.07) is 13.3. The van der Waals surface area contributed by atoms with Crippen LogP contribution < -0.4 is 4.72 Å². The molecule has 0 unspecified atom stereocenters. The van der Waals surface area contributed by atoms with Crippen LogP contribution in [0.3, 0.4) is 0 Å². The summed E-state index contributed by atoms with van der Waals surface area (Å²) in [6.07, 6.45) is 0.490. The van der Waals surface area contributed by atoms with E-state index in [1.165, 1.54) is 6.07 Å². The van der Waals surface area contributed by atoms with E-state index in [-0.39, 0.29) is 22.0 Å². The Morgan fingerprint density at radius 3 is 2.58 bits per heavy atom. The number of hydrogen-bond donors (Lipinski definition) is 1. The monoisotopic (exact) mass is 415 g/mol. The second-order valence-corrected chi connectivity index (χ2v) is 7.84. The molecular formula is C17H19BrFNO3S. The van der Waals surface area contributed by atoms with E-state index < -0.39 is 15.8 Å². The van der Waals surface area contributed by atoms with E-state index in [1.807, 2.05) is 37.3 Å². The molecule has 0 spiro atoms. The normalized spacial score (nSPS) is 13.0. The van der Waals surface area contributed by atoms with Crippen LogP contribution in [-0.4, -0.2) is 21.6 Å². The molecule has 0 aliphatic carbocycles. The van der Waals surface area contributed by atoms with Crippen LogP contribution in [0.4, 0.5) is 4.39 Å². The van der Waals surface area contributed by atoms with Crippen LogP contribution in [-0.2, 0) is 14.8 Å². The number of ether oxygens (including phenoxy) is 1. The Kier molecular flexibility index (Phi) is 6.91. The molecule has 2 aromatic rings. The molecular weight excluding hydrogens is 397 g/mol. The van der Waals surface area contributed by atoms with Gasteiger partial charge in [0.05, 0.1) is 11.0 Å². The molecule has 7 heteroatoms. The van der Waals surface area contributed by atoms with Crippen LogP contribution in [0.1, 0.15) is 25.0 Å². The van der Waals surface area contributed by atoms with Gasteiger partial charge in [-0.05, 0) is 53.0 Å². The Morgan fingerprint density at radius 2 is 1.92 bits per heavy atom. The largest absolute Gasteiger partial charge is 0.374 e. The lowest BCUT2D eigenvalue weighted by atomic mass is 10.1. The van der Waals surface area contributed by atoms with Crippen molar-refractivity contribution in [1.82, 2.24) is 4.72 Å². The quantitative estimate of drug-likeness (QED) is 0.661. The average Bonchev–Trinajstić information content (AvgIpc) is 2.54. The summed E-state index contributed by atoms with van der Waals surface area (Å²) in [7, 11) is -3.68. The topological polar surface area (TPSA) is 55.4 Å². The van der Waals surface area contributed by atoms with Gasteiger partial charge in [0, 0.05) is 17.6 Å². The highest BCUT2D eigenvalue weighted by Gasteiger charge is 2.17. The van der Waals surface area contributed by atoms with Gasteiger partial charge in [-0.3, -0.25) is 0 Å². The second-order valence-electron chi connectivity index (χ2n) is 5.25. The second kappa shape index (κ2) is 8.71. The zero-order chi connectivity index (χ0) is 17.6. The molecule has 0 heterocycles. The Bertz CT molecular complexity index is 769. The summed E-state index contributed by atoms with van der Waals surface area (Å²) in [5.74, 6) is -0.496. The maximum atomic E-state index is 13.0. The lowest BCUT2D eigenvalue weighted by molar-refractivity contribution is 0.0647. The zero-order valence-corrected chi connectivity index (χ0v) is 15.6. The highest BCUT2D eigenvalue weighted by Crippen LogP contribution is 2.22. The molecule has 0 aromatic heterocycles. The van der Waals surface area contributed by atoms with Gasteiger partial charge in [0.15, 0.2) is 0 Å². The van der Waals surface area contributed by atoms with Gasteiger partial charge in [-0.15, -0.1) is 0 Å². The summed E-state index contributed by atoms with van der Waals surface area (Å²) in [4.78, 5) is 0.0162. The standard InChI is InChI=1S/C17H19BrFNO3S/c1-13(14-6-3-2-4-7-14)23-11-5-10-20-24(21,22)17-9-8-15(19)12-16(17)18/h2-4,6-9,12-13,20H,5,10-11H2,1H3/t13-/m0/s1. The molecule has 1 atom stereocenters. The van der Waals surface area contributed by atoms with Crippen molar-refractivity contribution in [2.45, 2.75) is 24.3 Å². The smallest absolute Gasteiger partial charge is 0.241 e. The van der Waals surface area contributed by atoms with Crippen molar-refractivity contribution in [1.29, 1.82) is 0 Å². The van der Waals surface area contributed by atoms with Gasteiger partial charge in [0.1, 0.15) is 5.82 Å². The minimum Gasteiger partial charge on any atom is -0.374 e. The predicted molar refractivity (Wildman–Crippen MR) is 94.7 cm³/mol. The van der Waals surface area contributed by atoms with Crippen LogP contribution in [0.25, 0.3) is 0 Å². The lowest BCUT2D eigenvalue weighted by Gasteiger charge is -2.13. The maximum absolute atomic E-state index is 13.0. The molecule has 0 amide bonds. The molecule has 2 aromatic carbocycles. The van der Waals surface area contributed by atoms with E-state index in [2.05, 4.69) is 20.7 Å². The van der Waals surface area contributed by atoms with E-state index in [4.69, 9.17) is 4.74 Å². The SMILES string of the molecule is C[C@H](OCCCNS(=O)(=O)c1ccc(F)cc1Br)c1ccccc1. The van der Waals surface area contributed by atoms with E-state index in [0.29, 0.717) is 13.0 Å². The lowest BCUT2D eigenvalue weighted by Crippen LogP contribution is -2.26. The van der Waals surface area contributed by atoms with Crippen molar-refractivity contribution < 1.29 is 17.5 Å². The molecule has 130 valence electrons. The highest BCUT2D eigenvalue weighted by molar-refractivity contribution is 9.10. The van der Waals surface area contributed by atoms with E-state index in [9.17, 15) is 12.8 Å². The fourth-order valence-electron chi connectivity index (χ4n) is 2.13. The number of nitrogens with one attached hydrogen (secondary N) is 1. The van der Waals surface area contributed by atoms with Crippen molar-refractivity contribution in [2.75, 3.05) is 13.2 Å². The number of rotatable bonds is 8. The number of sulfonamides is 1. The first kappa shape index (κ1) is 19.1. The molecule has 0 aliphatic rings. The van der Waals surface area contributed by atoms with Crippen molar-refractivity contribution in [3.05, 3.63) is 64.4 Å². The molecule has 2 rings (SSSR count). The van der Waals surface area contributed by atoms with Crippen LogP contribution in [0.5, 0.6) is 0 Å². The fraction of sp³-hybridized carbons (Fsp3) is 0.294. The van der Waals surface area contributed by atoms with Gasteiger partial charge in [0.2, 0.25) is 10.0 Å². The third-order valence-electron chi connectivity index (χ3n) is 3.43. The Hall–Kier alpha value is -1.28. The molecule has 4 nitrogen and oxygen atoms in total. The molecule has 0 saturated heterocycles. The van der Waals surface area contributed by atoms with Crippen molar-refractivity contribution in [3.63, 3.8) is 0 Å². The summed E-state index contributed by atoms with van der Waals surface area (Å²) in [5, 5.41) is 0. The highest BCUT2D eigenvalue weighted by atomic mass is 79.9. The maximum Gasteiger partial charge on any atom is 0.241 e. The molecule has 0 bridgehead atoms. The van der Waals surface area contributed by atoms with Crippen molar-refractivity contribution in [3.8, 4) is 0 Å². The summed E-state index contributed by atoms with van der Waals surface area (Å²) in [6.45, 7) is 2.63. The third-order valence-corrected chi connectivity index (χ3v) is 5.87. The van der Waals surface area contributed by atoms with Crippen molar-refractivity contribution >= 4 is 26.0 Å². The first-order valence-corrected chi connectivity index (χ1v) is 9.79. The minimum atomic E-state index is -3.68. The van der Waals surface area contributed by atoms with Gasteiger partial charge in [0.25, 0.3) is 0 Å². The summed E-state index contributed by atoms with van der Waals surface area (Å²) >= 11 is 3.07. The number of halogens is 2. The fourth-order valence-corrected chi connectivity index (χ4v) is 4.25. The van der Waals surface area contributed by atoms with E-state index in [0.717, 1.165) is 17.7 Å². The van der Waals surface area contributed by atoms with Crippen LogP contribution in [0.2, 0.25) is 0 Å². The van der Waals surface area contributed by atoms with Crippen molar-refractivity contribution in [2.24, 2.45) is 0 Å². The first-order chi connectivity index (χ1) is 11.4. The minimum absolute atomic E-state index is 0.0162. The van der Waals surface area contributed by atoms with Crippen LogP contribution >= 0.6 is 15.9 Å². The number of benzene rings is 2. The Morgan fingerprint density at radius 1 is 1.21 bits per heavy atom. The van der Waals surface area contributed by atoms with Gasteiger partial charge in [-0.25, -0.2) is 17.5 Å². The number of hydrogen-bond acceptors (Lipinski definition) is 3. The van der Waals surface area contributed by atoms with E-state index >= 15 is 0 Å². The van der Waals surface area contributed by atoms with E-state index in [1.54, 1.807) is 0 Å². The zero-order valence-electron chi connectivity index (χ0n) is 13.2. The van der Waals surface area contributed by atoms with Crippen LogP contribution in [0, 0.1) is 5.82 Å². The first-order valence-electron chi connectivity index (χ1n) is 7.51. The average molecular weight is 416 g/mol.